The molecule has 0 radical (unpaired) electrons. The maximum Gasteiger partial charge on any atom is 0.411 e. The Morgan fingerprint density at radius 1 is 0.850 bits per heavy atom. The third-order valence-corrected chi connectivity index (χ3v) is 3.70. The predicted molar refractivity (Wildman–Crippen MR) is 73.2 cm³/mol. The summed E-state index contributed by atoms with van der Waals surface area (Å²) in [6, 6.07) is 16.2. The van der Waals surface area contributed by atoms with Crippen molar-refractivity contribution in [3.05, 3.63) is 71.8 Å². The maximum absolute atomic E-state index is 13.6. The SMILES string of the molecule is CC(c1ccccc1)C(N)(c1ccccc1)C(F)(F)F. The topological polar surface area (TPSA) is 26.0 Å². The lowest BCUT2D eigenvalue weighted by Crippen LogP contribution is -2.54. The van der Waals surface area contributed by atoms with Gasteiger partial charge < -0.3 is 5.73 Å². The van der Waals surface area contributed by atoms with Gasteiger partial charge in [-0.3, -0.25) is 0 Å². The molecule has 0 aliphatic heterocycles. The van der Waals surface area contributed by atoms with Crippen LogP contribution >= 0.6 is 0 Å². The third kappa shape index (κ3) is 2.43. The van der Waals surface area contributed by atoms with Gasteiger partial charge in [-0.1, -0.05) is 67.6 Å². The minimum atomic E-state index is -4.54. The highest BCUT2D eigenvalue weighted by Gasteiger charge is 2.56. The first-order chi connectivity index (χ1) is 9.37. The van der Waals surface area contributed by atoms with Crippen LogP contribution in [0.1, 0.15) is 24.0 Å². The minimum Gasteiger partial charge on any atom is -0.313 e. The molecule has 2 aromatic carbocycles. The fourth-order valence-corrected chi connectivity index (χ4v) is 2.38. The fourth-order valence-electron chi connectivity index (χ4n) is 2.38. The van der Waals surface area contributed by atoms with Crippen molar-refractivity contribution in [1.29, 1.82) is 0 Å². The molecule has 0 amide bonds. The summed E-state index contributed by atoms with van der Waals surface area (Å²) in [4.78, 5) is 0. The summed E-state index contributed by atoms with van der Waals surface area (Å²) in [7, 11) is 0. The van der Waals surface area contributed by atoms with Gasteiger partial charge in [-0.25, -0.2) is 0 Å². The van der Waals surface area contributed by atoms with E-state index in [1.165, 1.54) is 19.1 Å². The normalized spacial score (nSPS) is 16.4. The summed E-state index contributed by atoms with van der Waals surface area (Å²) in [5.41, 5.74) is 4.08. The lowest BCUT2D eigenvalue weighted by molar-refractivity contribution is -0.195. The molecule has 0 heterocycles. The standard InChI is InChI=1S/C16H16F3N/c1-12(13-8-4-2-5-9-13)15(20,16(17,18)19)14-10-6-3-7-11-14/h2-12H,20H2,1H3. The van der Waals surface area contributed by atoms with Gasteiger partial charge in [0.1, 0.15) is 5.54 Å². The molecule has 2 N–H and O–H groups in total. The van der Waals surface area contributed by atoms with Gasteiger partial charge in [-0.15, -0.1) is 0 Å². The van der Waals surface area contributed by atoms with E-state index >= 15 is 0 Å². The molecule has 2 rings (SSSR count). The zero-order valence-electron chi connectivity index (χ0n) is 11.1. The number of nitrogens with two attached hydrogens (primary N) is 1. The van der Waals surface area contributed by atoms with E-state index in [4.69, 9.17) is 5.73 Å². The Hall–Kier alpha value is -1.81. The Labute approximate surface area is 116 Å². The molecule has 4 heteroatoms. The van der Waals surface area contributed by atoms with Crippen molar-refractivity contribution >= 4 is 0 Å². The molecular formula is C16H16F3N. The first-order valence-corrected chi connectivity index (χ1v) is 6.33. The minimum absolute atomic E-state index is 0.0730. The van der Waals surface area contributed by atoms with Gasteiger partial charge in [0.25, 0.3) is 0 Å². The molecule has 0 saturated carbocycles. The lowest BCUT2D eigenvalue weighted by atomic mass is 9.75. The molecule has 0 saturated heterocycles. The van der Waals surface area contributed by atoms with Crippen LogP contribution in [0.2, 0.25) is 0 Å². The monoisotopic (exact) mass is 279 g/mol. The molecule has 0 spiro atoms. The van der Waals surface area contributed by atoms with Crippen molar-refractivity contribution in [2.75, 3.05) is 0 Å². The molecule has 0 aliphatic carbocycles. The second-order valence-electron chi connectivity index (χ2n) is 4.87. The van der Waals surface area contributed by atoms with Gasteiger partial charge in [-0.05, 0) is 11.1 Å². The molecule has 1 nitrogen and oxygen atoms in total. The molecule has 2 aromatic rings. The Balaban J connectivity index is 2.54. The number of alkyl halides is 3. The average Bonchev–Trinajstić information content (AvgIpc) is 2.46. The lowest BCUT2D eigenvalue weighted by Gasteiger charge is -2.38. The van der Waals surface area contributed by atoms with Gasteiger partial charge in [-0.2, -0.15) is 13.2 Å². The molecule has 20 heavy (non-hydrogen) atoms. The molecular weight excluding hydrogens is 263 g/mol. The highest BCUT2D eigenvalue weighted by atomic mass is 19.4. The highest BCUT2D eigenvalue weighted by Crippen LogP contribution is 2.46. The van der Waals surface area contributed by atoms with Gasteiger partial charge >= 0.3 is 6.18 Å². The Kier molecular flexibility index (Phi) is 3.86. The zero-order valence-corrected chi connectivity index (χ0v) is 11.1. The van der Waals surface area contributed by atoms with Crippen LogP contribution in [0.3, 0.4) is 0 Å². The van der Waals surface area contributed by atoms with Crippen LogP contribution in [-0.2, 0) is 5.54 Å². The summed E-state index contributed by atoms with van der Waals surface area (Å²) in [6.45, 7) is 1.51. The van der Waals surface area contributed by atoms with E-state index in [0.717, 1.165) is 0 Å². The predicted octanol–water partition coefficient (Wildman–Crippen LogP) is 4.21. The second kappa shape index (κ2) is 5.29. The number of benzene rings is 2. The van der Waals surface area contributed by atoms with Crippen molar-refractivity contribution < 1.29 is 13.2 Å². The molecule has 0 fully saturated rings. The van der Waals surface area contributed by atoms with Crippen molar-refractivity contribution in [3.8, 4) is 0 Å². The van der Waals surface area contributed by atoms with Crippen LogP contribution < -0.4 is 5.73 Å². The van der Waals surface area contributed by atoms with E-state index in [9.17, 15) is 13.2 Å². The van der Waals surface area contributed by atoms with E-state index < -0.39 is 17.6 Å². The van der Waals surface area contributed by atoms with Crippen molar-refractivity contribution in [3.63, 3.8) is 0 Å². The van der Waals surface area contributed by atoms with Crippen LogP contribution in [0, 0.1) is 0 Å². The zero-order chi connectivity index (χ0) is 14.8. The number of halogens is 3. The van der Waals surface area contributed by atoms with Crippen LogP contribution in [0.25, 0.3) is 0 Å². The first kappa shape index (κ1) is 14.6. The van der Waals surface area contributed by atoms with Gasteiger partial charge in [0.15, 0.2) is 0 Å². The Morgan fingerprint density at radius 2 is 1.30 bits per heavy atom. The molecule has 0 aliphatic rings. The van der Waals surface area contributed by atoms with Gasteiger partial charge in [0, 0.05) is 5.92 Å². The summed E-state index contributed by atoms with van der Waals surface area (Å²) in [6.07, 6.45) is -4.54. The number of hydrogen-bond acceptors (Lipinski definition) is 1. The van der Waals surface area contributed by atoms with Crippen LogP contribution in [-0.4, -0.2) is 6.18 Å². The van der Waals surface area contributed by atoms with Gasteiger partial charge in [0.2, 0.25) is 0 Å². The third-order valence-electron chi connectivity index (χ3n) is 3.70. The van der Waals surface area contributed by atoms with E-state index in [1.54, 1.807) is 48.5 Å². The largest absolute Gasteiger partial charge is 0.411 e. The summed E-state index contributed by atoms with van der Waals surface area (Å²) in [5.74, 6) is -0.883. The quantitative estimate of drug-likeness (QED) is 0.895. The average molecular weight is 279 g/mol. The molecule has 106 valence electrons. The van der Waals surface area contributed by atoms with E-state index in [2.05, 4.69) is 0 Å². The maximum atomic E-state index is 13.6. The summed E-state index contributed by atoms with van der Waals surface area (Å²) < 4.78 is 40.8. The number of hydrogen-bond donors (Lipinski definition) is 1. The Morgan fingerprint density at radius 3 is 1.75 bits per heavy atom. The molecule has 0 aromatic heterocycles. The molecule has 0 bridgehead atoms. The molecule has 2 unspecified atom stereocenters. The van der Waals surface area contributed by atoms with Crippen molar-refractivity contribution in [2.24, 2.45) is 5.73 Å². The number of rotatable bonds is 3. The summed E-state index contributed by atoms with van der Waals surface area (Å²) in [5, 5.41) is 0. The van der Waals surface area contributed by atoms with Crippen molar-refractivity contribution in [2.45, 2.75) is 24.6 Å². The molecule has 2 atom stereocenters. The second-order valence-corrected chi connectivity index (χ2v) is 4.87. The smallest absolute Gasteiger partial charge is 0.313 e. The first-order valence-electron chi connectivity index (χ1n) is 6.33. The van der Waals surface area contributed by atoms with Crippen LogP contribution in [0.4, 0.5) is 13.2 Å². The van der Waals surface area contributed by atoms with E-state index in [0.29, 0.717) is 5.56 Å². The van der Waals surface area contributed by atoms with Crippen LogP contribution in [0.15, 0.2) is 60.7 Å². The van der Waals surface area contributed by atoms with Crippen molar-refractivity contribution in [1.82, 2.24) is 0 Å². The van der Waals surface area contributed by atoms with E-state index in [1.807, 2.05) is 0 Å². The highest BCUT2D eigenvalue weighted by molar-refractivity contribution is 5.34. The Bertz CT molecular complexity index is 551. The van der Waals surface area contributed by atoms with Gasteiger partial charge in [0.05, 0.1) is 0 Å². The summed E-state index contributed by atoms with van der Waals surface area (Å²) >= 11 is 0. The fraction of sp³-hybridized carbons (Fsp3) is 0.250. The van der Waals surface area contributed by atoms with E-state index in [-0.39, 0.29) is 5.56 Å². The van der Waals surface area contributed by atoms with Crippen LogP contribution in [0.5, 0.6) is 0 Å².